The molecule has 1 N–H and O–H groups in total. The van der Waals surface area contributed by atoms with E-state index in [4.69, 9.17) is 0 Å². The Morgan fingerprint density at radius 3 is 2.50 bits per heavy atom. The van der Waals surface area contributed by atoms with Gasteiger partial charge in [-0.15, -0.1) is 0 Å². The van der Waals surface area contributed by atoms with E-state index in [-0.39, 0.29) is 5.82 Å². The summed E-state index contributed by atoms with van der Waals surface area (Å²) in [6.07, 6.45) is 6.11. The highest BCUT2D eigenvalue weighted by molar-refractivity contribution is 6.01. The summed E-state index contributed by atoms with van der Waals surface area (Å²) in [7, 11) is 0. The minimum absolute atomic E-state index is 0.0988. The third kappa shape index (κ3) is 3.13. The molecule has 4 aromatic rings. The molecule has 0 aliphatic rings. The van der Waals surface area contributed by atoms with Crippen molar-refractivity contribution < 1.29 is 4.79 Å². The molecule has 9 nitrogen and oxygen atoms in total. The third-order valence-corrected chi connectivity index (χ3v) is 3.41. The van der Waals surface area contributed by atoms with E-state index in [9.17, 15) is 4.79 Å². The number of rotatable bonds is 4. The van der Waals surface area contributed by atoms with Crippen LogP contribution in [0.1, 0.15) is 10.6 Å². The molecule has 4 rings (SSSR count). The number of nitrogens with one attached hydrogen (secondary N) is 1. The Hall–Kier alpha value is -4.01. The fraction of sp³-hybridized carbons (Fsp3) is 0. The van der Waals surface area contributed by atoms with Gasteiger partial charge in [0.1, 0.15) is 17.8 Å². The monoisotopic (exact) mass is 344 g/mol. The van der Waals surface area contributed by atoms with Gasteiger partial charge in [0.2, 0.25) is 5.82 Å². The third-order valence-electron chi connectivity index (χ3n) is 3.41. The summed E-state index contributed by atoms with van der Waals surface area (Å²) >= 11 is 0. The second-order valence-electron chi connectivity index (χ2n) is 5.12. The van der Waals surface area contributed by atoms with Gasteiger partial charge in [-0.1, -0.05) is 12.1 Å². The van der Waals surface area contributed by atoms with Crippen LogP contribution in [0.15, 0.2) is 67.4 Å². The lowest BCUT2D eigenvalue weighted by atomic mass is 10.3. The maximum absolute atomic E-state index is 12.6. The molecule has 0 bridgehead atoms. The maximum Gasteiger partial charge on any atom is 0.294 e. The van der Waals surface area contributed by atoms with E-state index in [0.29, 0.717) is 23.2 Å². The van der Waals surface area contributed by atoms with Crippen LogP contribution < -0.4 is 5.32 Å². The van der Waals surface area contributed by atoms with Crippen LogP contribution in [0.3, 0.4) is 0 Å². The number of carbonyl (C=O) groups excluding carboxylic acids is 1. The molecule has 26 heavy (non-hydrogen) atoms. The van der Waals surface area contributed by atoms with Gasteiger partial charge in [-0.05, 0) is 30.3 Å². The zero-order chi connectivity index (χ0) is 17.8. The number of anilines is 1. The van der Waals surface area contributed by atoms with Gasteiger partial charge in [0.05, 0.1) is 0 Å². The zero-order valence-corrected chi connectivity index (χ0v) is 13.4. The number of nitrogens with zero attached hydrogens (tertiary/aromatic N) is 7. The number of hydrogen-bond acceptors (Lipinski definition) is 7. The van der Waals surface area contributed by atoms with Crippen LogP contribution in [0, 0.1) is 0 Å². The smallest absolute Gasteiger partial charge is 0.294 e. The molecule has 0 unspecified atom stereocenters. The Morgan fingerprint density at radius 2 is 1.73 bits per heavy atom. The van der Waals surface area contributed by atoms with Gasteiger partial charge in [0.15, 0.2) is 11.6 Å². The second-order valence-corrected chi connectivity index (χ2v) is 5.12. The Morgan fingerprint density at radius 1 is 0.885 bits per heavy atom. The Labute approximate surface area is 147 Å². The molecule has 0 atom stereocenters. The molecule has 0 saturated carbocycles. The normalized spacial score (nSPS) is 10.5. The van der Waals surface area contributed by atoms with Crippen LogP contribution in [-0.2, 0) is 0 Å². The van der Waals surface area contributed by atoms with Gasteiger partial charge in [-0.3, -0.25) is 9.78 Å². The first-order chi connectivity index (χ1) is 12.8. The van der Waals surface area contributed by atoms with Crippen molar-refractivity contribution in [2.45, 2.75) is 0 Å². The largest absolute Gasteiger partial charge is 0.304 e. The highest BCUT2D eigenvalue weighted by atomic mass is 16.2. The molecule has 1 amide bonds. The van der Waals surface area contributed by atoms with Gasteiger partial charge in [0, 0.05) is 18.6 Å². The minimum Gasteiger partial charge on any atom is -0.304 e. The van der Waals surface area contributed by atoms with Crippen molar-refractivity contribution in [1.82, 2.24) is 34.7 Å². The summed E-state index contributed by atoms with van der Waals surface area (Å²) in [4.78, 5) is 33.5. The van der Waals surface area contributed by atoms with Gasteiger partial charge >= 0.3 is 0 Å². The number of aromatic nitrogens is 7. The van der Waals surface area contributed by atoms with Crippen LogP contribution in [0.5, 0.6) is 0 Å². The molecule has 0 saturated heterocycles. The lowest BCUT2D eigenvalue weighted by Crippen LogP contribution is -2.19. The zero-order valence-electron chi connectivity index (χ0n) is 13.4. The Bertz CT molecular complexity index is 1030. The Kier molecular flexibility index (Phi) is 4.09. The topological polar surface area (TPSA) is 111 Å². The summed E-state index contributed by atoms with van der Waals surface area (Å²) in [5.41, 5.74) is 0.611. The van der Waals surface area contributed by atoms with E-state index in [0.717, 1.165) is 0 Å². The molecule has 0 fully saturated rings. The molecule has 0 aliphatic heterocycles. The van der Waals surface area contributed by atoms with E-state index in [1.165, 1.54) is 11.0 Å². The quantitative estimate of drug-likeness (QED) is 0.600. The van der Waals surface area contributed by atoms with Crippen molar-refractivity contribution in [3.63, 3.8) is 0 Å². The van der Waals surface area contributed by atoms with Crippen molar-refractivity contribution in [1.29, 1.82) is 0 Å². The predicted octanol–water partition coefficient (Wildman–Crippen LogP) is 1.77. The average Bonchev–Trinajstić information content (AvgIpc) is 3.20. The summed E-state index contributed by atoms with van der Waals surface area (Å²) in [6, 6.07) is 12.3. The van der Waals surface area contributed by atoms with E-state index in [2.05, 4.69) is 35.3 Å². The molecule has 4 heterocycles. The van der Waals surface area contributed by atoms with E-state index in [1.54, 1.807) is 55.0 Å². The average molecular weight is 344 g/mol. The molecule has 126 valence electrons. The highest BCUT2D eigenvalue weighted by Crippen LogP contribution is 2.14. The molecule has 0 spiro atoms. The second kappa shape index (κ2) is 6.85. The molecule has 9 heteroatoms. The van der Waals surface area contributed by atoms with Crippen molar-refractivity contribution in [3.8, 4) is 17.3 Å². The van der Waals surface area contributed by atoms with Gasteiger partial charge in [-0.2, -0.15) is 9.78 Å². The highest BCUT2D eigenvalue weighted by Gasteiger charge is 2.17. The maximum atomic E-state index is 12.6. The van der Waals surface area contributed by atoms with Crippen molar-refractivity contribution >= 4 is 11.7 Å². The van der Waals surface area contributed by atoms with Crippen LogP contribution >= 0.6 is 0 Å². The van der Waals surface area contributed by atoms with Crippen LogP contribution in [-0.4, -0.2) is 40.6 Å². The standard InChI is InChI=1S/C17H12N8O/c26-17(16-21-11-22-25(16)14-6-2-4-9-19-14)24-13-7-10-20-15(23-13)12-5-1-3-8-18-12/h1-11H,(H,20,23,24,26). The van der Waals surface area contributed by atoms with Gasteiger partial charge < -0.3 is 5.32 Å². The SMILES string of the molecule is O=C(Nc1ccnc(-c2ccccn2)n1)c1ncnn1-c1ccccn1. The van der Waals surface area contributed by atoms with Gasteiger partial charge in [-0.25, -0.2) is 19.9 Å². The fourth-order valence-corrected chi connectivity index (χ4v) is 2.26. The molecule has 0 radical (unpaired) electrons. The number of carbonyl (C=O) groups is 1. The minimum atomic E-state index is -0.459. The predicted molar refractivity (Wildman–Crippen MR) is 92.4 cm³/mol. The molecule has 0 aromatic carbocycles. The van der Waals surface area contributed by atoms with Crippen LogP contribution in [0.25, 0.3) is 17.3 Å². The molecule has 0 aliphatic carbocycles. The summed E-state index contributed by atoms with van der Waals surface area (Å²) in [5.74, 6) is 0.878. The summed E-state index contributed by atoms with van der Waals surface area (Å²) in [6.45, 7) is 0. The number of pyridine rings is 2. The summed E-state index contributed by atoms with van der Waals surface area (Å²) in [5, 5.41) is 6.75. The van der Waals surface area contributed by atoms with Crippen LogP contribution in [0.4, 0.5) is 5.82 Å². The van der Waals surface area contributed by atoms with E-state index < -0.39 is 5.91 Å². The first kappa shape index (κ1) is 15.5. The number of hydrogen-bond donors (Lipinski definition) is 1. The van der Waals surface area contributed by atoms with Crippen molar-refractivity contribution in [2.75, 3.05) is 5.32 Å². The fourth-order valence-electron chi connectivity index (χ4n) is 2.26. The van der Waals surface area contributed by atoms with Gasteiger partial charge in [0.25, 0.3) is 5.91 Å². The van der Waals surface area contributed by atoms with Crippen LogP contribution in [0.2, 0.25) is 0 Å². The lowest BCUT2D eigenvalue weighted by molar-refractivity contribution is 0.101. The molecule has 4 aromatic heterocycles. The number of amides is 1. The summed E-state index contributed by atoms with van der Waals surface area (Å²) < 4.78 is 1.36. The Balaban J connectivity index is 1.60. The molecular weight excluding hydrogens is 332 g/mol. The van der Waals surface area contributed by atoms with E-state index in [1.807, 2.05) is 6.07 Å². The van der Waals surface area contributed by atoms with E-state index >= 15 is 0 Å². The van der Waals surface area contributed by atoms with Crippen molar-refractivity contribution in [2.24, 2.45) is 0 Å². The first-order valence-corrected chi connectivity index (χ1v) is 7.68. The first-order valence-electron chi connectivity index (χ1n) is 7.68. The molecular formula is C17H12N8O. The lowest BCUT2D eigenvalue weighted by Gasteiger charge is -2.06. The van der Waals surface area contributed by atoms with Crippen molar-refractivity contribution in [3.05, 3.63) is 73.2 Å².